The number of carbonyl (C=O) groups is 1. The maximum absolute atomic E-state index is 10.6. The van der Waals surface area contributed by atoms with E-state index in [0.717, 1.165) is 0 Å². The molecule has 60 valence electrons. The first-order chi connectivity index (χ1) is 5.25. The van der Waals surface area contributed by atoms with Crippen molar-refractivity contribution in [2.75, 3.05) is 0 Å². The van der Waals surface area contributed by atoms with Gasteiger partial charge >= 0.3 is 5.97 Å². The molecular weight excluding hydrogens is 144 g/mol. The molecule has 1 saturated heterocycles. The number of hydrogen-bond acceptors (Lipinski definition) is 2. The number of hydrogen-bond donors (Lipinski definition) is 1. The normalized spacial score (nSPS) is 40.9. The van der Waals surface area contributed by atoms with Crippen LogP contribution in [-0.4, -0.2) is 23.3 Å². The van der Waals surface area contributed by atoms with Gasteiger partial charge in [-0.2, -0.15) is 0 Å². The van der Waals surface area contributed by atoms with Gasteiger partial charge in [-0.15, -0.1) is 0 Å². The van der Waals surface area contributed by atoms with Crippen molar-refractivity contribution >= 4 is 5.97 Å². The van der Waals surface area contributed by atoms with Gasteiger partial charge in [0.1, 0.15) is 0 Å². The number of fused-ring (bicyclic) bond motifs is 2. The van der Waals surface area contributed by atoms with Gasteiger partial charge in [0.2, 0.25) is 0 Å². The zero-order valence-corrected chi connectivity index (χ0v) is 6.06. The van der Waals surface area contributed by atoms with Crippen LogP contribution in [0.3, 0.4) is 0 Å². The van der Waals surface area contributed by atoms with Crippen molar-refractivity contribution in [1.82, 2.24) is 0 Å². The van der Waals surface area contributed by atoms with E-state index in [-0.39, 0.29) is 18.1 Å². The molecule has 2 heterocycles. The molecule has 1 fully saturated rings. The first-order valence-corrected chi connectivity index (χ1v) is 3.82. The minimum Gasteiger partial charge on any atom is -0.481 e. The van der Waals surface area contributed by atoms with Crippen LogP contribution in [0.15, 0.2) is 12.2 Å². The first kappa shape index (κ1) is 6.85. The number of aliphatic carboxylic acids is 1. The van der Waals surface area contributed by atoms with Crippen LogP contribution < -0.4 is 0 Å². The highest BCUT2D eigenvalue weighted by Crippen LogP contribution is 2.30. The van der Waals surface area contributed by atoms with Crippen LogP contribution in [0.25, 0.3) is 0 Å². The highest BCUT2D eigenvalue weighted by molar-refractivity contribution is 5.70. The second-order valence-electron chi connectivity index (χ2n) is 3.10. The Hall–Kier alpha value is -0.830. The maximum Gasteiger partial charge on any atom is 0.306 e. The van der Waals surface area contributed by atoms with E-state index in [1.807, 2.05) is 12.2 Å². The van der Waals surface area contributed by atoms with E-state index in [4.69, 9.17) is 9.84 Å². The SMILES string of the molecule is O=C(O)C1CC2C=CC(C1)O2. The van der Waals surface area contributed by atoms with Gasteiger partial charge in [0.15, 0.2) is 0 Å². The van der Waals surface area contributed by atoms with E-state index in [2.05, 4.69) is 0 Å². The van der Waals surface area contributed by atoms with Crippen LogP contribution in [0.4, 0.5) is 0 Å². The molecule has 2 unspecified atom stereocenters. The largest absolute Gasteiger partial charge is 0.481 e. The summed E-state index contributed by atoms with van der Waals surface area (Å²) in [6.45, 7) is 0. The molecule has 11 heavy (non-hydrogen) atoms. The molecule has 0 aromatic heterocycles. The summed E-state index contributed by atoms with van der Waals surface area (Å²) in [4.78, 5) is 10.6. The molecule has 3 heteroatoms. The molecule has 2 aliphatic rings. The number of rotatable bonds is 1. The number of ether oxygens (including phenoxy) is 1. The molecule has 0 saturated carbocycles. The molecule has 0 radical (unpaired) electrons. The Bertz CT molecular complexity index is 195. The summed E-state index contributed by atoms with van der Waals surface area (Å²) in [7, 11) is 0. The molecule has 3 nitrogen and oxygen atoms in total. The predicted octanol–water partition coefficient (Wildman–Crippen LogP) is 0.805. The lowest BCUT2D eigenvalue weighted by molar-refractivity contribution is -0.147. The van der Waals surface area contributed by atoms with Gasteiger partial charge in [-0.1, -0.05) is 12.2 Å². The average Bonchev–Trinajstić information content (AvgIpc) is 2.30. The van der Waals surface area contributed by atoms with Crippen molar-refractivity contribution in [3.63, 3.8) is 0 Å². The average molecular weight is 154 g/mol. The van der Waals surface area contributed by atoms with Crippen LogP contribution in [0.1, 0.15) is 12.8 Å². The Balaban J connectivity index is 2.06. The van der Waals surface area contributed by atoms with Gasteiger partial charge in [0.05, 0.1) is 18.1 Å². The lowest BCUT2D eigenvalue weighted by atomic mass is 9.95. The Kier molecular flexibility index (Phi) is 1.46. The van der Waals surface area contributed by atoms with E-state index >= 15 is 0 Å². The van der Waals surface area contributed by atoms with Gasteiger partial charge < -0.3 is 9.84 Å². The monoisotopic (exact) mass is 154 g/mol. The standard InChI is InChI=1S/C8H10O3/c9-8(10)5-3-6-1-2-7(4-5)11-6/h1-2,5-7H,3-4H2,(H,9,10). The zero-order chi connectivity index (χ0) is 7.84. The topological polar surface area (TPSA) is 46.5 Å². The fourth-order valence-corrected chi connectivity index (χ4v) is 1.69. The Morgan fingerprint density at radius 3 is 2.36 bits per heavy atom. The summed E-state index contributed by atoms with van der Waals surface area (Å²) < 4.78 is 5.40. The van der Waals surface area contributed by atoms with Crippen LogP contribution >= 0.6 is 0 Å². The number of carboxylic acid groups (broad SMARTS) is 1. The van der Waals surface area contributed by atoms with E-state index in [1.165, 1.54) is 0 Å². The Labute approximate surface area is 64.7 Å². The van der Waals surface area contributed by atoms with Crippen molar-refractivity contribution in [1.29, 1.82) is 0 Å². The quantitative estimate of drug-likeness (QED) is 0.568. The third-order valence-corrected chi connectivity index (χ3v) is 2.27. The molecule has 0 aromatic carbocycles. The van der Waals surface area contributed by atoms with Crippen molar-refractivity contribution < 1.29 is 14.6 Å². The van der Waals surface area contributed by atoms with Crippen molar-refractivity contribution in [2.45, 2.75) is 25.0 Å². The van der Waals surface area contributed by atoms with E-state index in [1.54, 1.807) is 0 Å². The molecule has 2 bridgehead atoms. The van der Waals surface area contributed by atoms with Gasteiger partial charge in [0.25, 0.3) is 0 Å². The highest BCUT2D eigenvalue weighted by atomic mass is 16.5. The minimum atomic E-state index is -0.688. The van der Waals surface area contributed by atoms with Crippen LogP contribution in [-0.2, 0) is 9.53 Å². The Morgan fingerprint density at radius 1 is 1.36 bits per heavy atom. The lowest BCUT2D eigenvalue weighted by Gasteiger charge is -2.25. The first-order valence-electron chi connectivity index (χ1n) is 3.82. The molecule has 2 rings (SSSR count). The second kappa shape index (κ2) is 2.34. The van der Waals surface area contributed by atoms with Crippen molar-refractivity contribution in [2.24, 2.45) is 5.92 Å². The molecule has 2 atom stereocenters. The van der Waals surface area contributed by atoms with E-state index < -0.39 is 5.97 Å². The highest BCUT2D eigenvalue weighted by Gasteiger charge is 2.34. The molecule has 0 aliphatic carbocycles. The summed E-state index contributed by atoms with van der Waals surface area (Å²) in [5.74, 6) is -0.888. The van der Waals surface area contributed by atoms with Crippen LogP contribution in [0.5, 0.6) is 0 Å². The van der Waals surface area contributed by atoms with Crippen molar-refractivity contribution in [3.05, 3.63) is 12.2 Å². The zero-order valence-electron chi connectivity index (χ0n) is 6.06. The maximum atomic E-state index is 10.6. The summed E-state index contributed by atoms with van der Waals surface area (Å²) in [6, 6.07) is 0. The number of carboxylic acids is 1. The fourth-order valence-electron chi connectivity index (χ4n) is 1.69. The molecule has 2 aliphatic heterocycles. The van der Waals surface area contributed by atoms with Gasteiger partial charge in [-0.25, -0.2) is 0 Å². The Morgan fingerprint density at radius 2 is 1.91 bits per heavy atom. The van der Waals surface area contributed by atoms with E-state index in [0.29, 0.717) is 12.8 Å². The lowest BCUT2D eigenvalue weighted by Crippen LogP contribution is -2.30. The fraction of sp³-hybridized carbons (Fsp3) is 0.625. The third-order valence-electron chi connectivity index (χ3n) is 2.27. The van der Waals surface area contributed by atoms with Gasteiger partial charge in [-0.3, -0.25) is 4.79 Å². The van der Waals surface area contributed by atoms with Crippen LogP contribution in [0.2, 0.25) is 0 Å². The summed E-state index contributed by atoms with van der Waals surface area (Å²) in [5, 5.41) is 8.72. The smallest absolute Gasteiger partial charge is 0.306 e. The second-order valence-corrected chi connectivity index (χ2v) is 3.10. The molecule has 0 amide bonds. The molecule has 0 spiro atoms. The van der Waals surface area contributed by atoms with Gasteiger partial charge in [0, 0.05) is 0 Å². The van der Waals surface area contributed by atoms with E-state index in [9.17, 15) is 4.79 Å². The van der Waals surface area contributed by atoms with Crippen LogP contribution in [0, 0.1) is 5.92 Å². The minimum absolute atomic E-state index is 0.0647. The van der Waals surface area contributed by atoms with Crippen molar-refractivity contribution in [3.8, 4) is 0 Å². The summed E-state index contributed by atoms with van der Waals surface area (Å²) in [5.41, 5.74) is 0. The summed E-state index contributed by atoms with van der Waals surface area (Å²) >= 11 is 0. The molecule has 0 aromatic rings. The molecular formula is C8H10O3. The molecule has 1 N–H and O–H groups in total. The predicted molar refractivity (Wildman–Crippen MR) is 38.2 cm³/mol. The summed E-state index contributed by atoms with van der Waals surface area (Å²) in [6.07, 6.45) is 5.34. The van der Waals surface area contributed by atoms with Gasteiger partial charge in [-0.05, 0) is 12.8 Å². The third kappa shape index (κ3) is 1.16.